The van der Waals surface area contributed by atoms with Gasteiger partial charge in [-0.3, -0.25) is 9.69 Å². The number of nitrogens with zero attached hydrogens (tertiary/aromatic N) is 6. The van der Waals surface area contributed by atoms with Crippen molar-refractivity contribution in [2.75, 3.05) is 19.8 Å². The van der Waals surface area contributed by atoms with Gasteiger partial charge in [0.25, 0.3) is 5.91 Å². The van der Waals surface area contributed by atoms with E-state index in [1.807, 2.05) is 33.2 Å². The van der Waals surface area contributed by atoms with E-state index >= 15 is 8.78 Å². The van der Waals surface area contributed by atoms with Crippen molar-refractivity contribution in [1.29, 1.82) is 5.26 Å². The van der Waals surface area contributed by atoms with Crippen LogP contribution < -0.4 is 0 Å². The molecule has 0 N–H and O–H groups in total. The third-order valence-electron chi connectivity index (χ3n) is 7.98. The van der Waals surface area contributed by atoms with Gasteiger partial charge in [0.05, 0.1) is 55.1 Å². The van der Waals surface area contributed by atoms with Crippen LogP contribution in [0.2, 0.25) is 5.02 Å². The Kier molecular flexibility index (Phi) is 7.04. The Labute approximate surface area is 251 Å². The lowest BCUT2D eigenvalue weighted by atomic mass is 9.79. The van der Waals surface area contributed by atoms with Crippen molar-refractivity contribution in [3.05, 3.63) is 111 Å². The molecule has 0 radical (unpaired) electrons. The number of ether oxygens (including phenoxy) is 2. The topological polar surface area (TPSA) is 106 Å². The summed E-state index contributed by atoms with van der Waals surface area (Å²) in [6, 6.07) is 11.4. The van der Waals surface area contributed by atoms with Gasteiger partial charge in [0.2, 0.25) is 5.72 Å². The lowest BCUT2D eigenvalue weighted by molar-refractivity contribution is -0.205. The lowest BCUT2D eigenvalue weighted by Crippen LogP contribution is -2.54. The first kappa shape index (κ1) is 28.9. The van der Waals surface area contributed by atoms with Gasteiger partial charge in [0.15, 0.2) is 5.67 Å². The van der Waals surface area contributed by atoms with Gasteiger partial charge in [0, 0.05) is 41.6 Å². The summed E-state index contributed by atoms with van der Waals surface area (Å²) in [5.74, 6) is -1.09. The van der Waals surface area contributed by atoms with Crippen LogP contribution in [0.4, 0.5) is 8.78 Å². The van der Waals surface area contributed by atoms with E-state index in [4.69, 9.17) is 21.1 Å². The largest absolute Gasteiger partial charge is 0.374 e. The molecule has 2 aliphatic heterocycles. The number of carbonyl (C=O) groups excluding carboxylic acids is 1. The van der Waals surface area contributed by atoms with Crippen LogP contribution >= 0.6 is 11.6 Å². The van der Waals surface area contributed by atoms with Gasteiger partial charge in [0.1, 0.15) is 17.7 Å². The number of hydrogen-bond donors (Lipinski definition) is 0. The van der Waals surface area contributed by atoms with Crippen LogP contribution in [0.25, 0.3) is 0 Å². The van der Waals surface area contributed by atoms with E-state index < -0.39 is 35.1 Å². The highest BCUT2D eigenvalue weighted by molar-refractivity contribution is 6.30. The molecule has 6 rings (SSSR count). The number of alkyl halides is 1. The molecule has 2 aliphatic rings. The minimum absolute atomic E-state index is 0.0559. The standard InChI is InChI=1S/C31H27ClF2N6O3/c1-29(2,25-13-39(3)18-38-25)21-8-23-27(24(33)9-21)31(20-4-6-22(32)7-5-20,43-17-30(34)15-42-16-30)40(28(23)41)14-26-36-11-19(10-35)12-37-26/h4-9,11-13,18H,14-17H2,1-3H3/t31-/m1/s1. The zero-order valence-corrected chi connectivity index (χ0v) is 24.4. The molecule has 2 aromatic heterocycles. The Balaban J connectivity index is 1.56. The molecule has 4 heterocycles. The van der Waals surface area contributed by atoms with E-state index in [0.717, 1.165) is 0 Å². The number of fused-ring (bicyclic) bond motifs is 1. The van der Waals surface area contributed by atoms with Crippen molar-refractivity contribution in [2.24, 2.45) is 7.05 Å². The first-order chi connectivity index (χ1) is 20.5. The zero-order valence-electron chi connectivity index (χ0n) is 23.6. The van der Waals surface area contributed by atoms with Crippen LogP contribution in [0.3, 0.4) is 0 Å². The summed E-state index contributed by atoms with van der Waals surface area (Å²) >= 11 is 6.20. The Bertz CT molecular complexity index is 1750. The maximum absolute atomic E-state index is 16.7. The number of aromatic nitrogens is 4. The Morgan fingerprint density at radius 1 is 1.16 bits per heavy atom. The highest BCUT2D eigenvalue weighted by Gasteiger charge is 2.56. The van der Waals surface area contributed by atoms with E-state index in [9.17, 15) is 10.1 Å². The monoisotopic (exact) mass is 604 g/mol. The molecule has 0 bridgehead atoms. The summed E-state index contributed by atoms with van der Waals surface area (Å²) in [6.45, 7) is 2.70. The molecular formula is C31H27ClF2N6O3. The molecule has 0 saturated carbocycles. The summed E-state index contributed by atoms with van der Waals surface area (Å²) in [5, 5.41) is 9.60. The number of aryl methyl sites for hydroxylation is 1. The van der Waals surface area contributed by atoms with Crippen LogP contribution in [0.15, 0.2) is 61.3 Å². The predicted octanol–water partition coefficient (Wildman–Crippen LogP) is 4.81. The average molecular weight is 605 g/mol. The number of amides is 1. The van der Waals surface area contributed by atoms with E-state index in [-0.39, 0.29) is 42.3 Å². The van der Waals surface area contributed by atoms with E-state index in [0.29, 0.717) is 21.8 Å². The van der Waals surface area contributed by atoms with Crippen molar-refractivity contribution in [1.82, 2.24) is 24.4 Å². The van der Waals surface area contributed by atoms with Crippen LogP contribution in [0, 0.1) is 17.1 Å². The number of benzene rings is 2. The number of halogens is 3. The molecule has 9 nitrogen and oxygen atoms in total. The Hall–Kier alpha value is -4.24. The van der Waals surface area contributed by atoms with Gasteiger partial charge in [-0.15, -0.1) is 0 Å². The van der Waals surface area contributed by atoms with E-state index in [1.165, 1.54) is 23.4 Å². The number of nitriles is 1. The van der Waals surface area contributed by atoms with Crippen LogP contribution in [-0.2, 0) is 34.2 Å². The van der Waals surface area contributed by atoms with E-state index in [2.05, 4.69) is 15.0 Å². The van der Waals surface area contributed by atoms with Crippen molar-refractivity contribution >= 4 is 17.5 Å². The maximum atomic E-state index is 16.7. The molecule has 0 spiro atoms. The molecule has 0 unspecified atom stereocenters. The molecular weight excluding hydrogens is 578 g/mol. The summed E-state index contributed by atoms with van der Waals surface area (Å²) in [6.07, 6.45) is 6.15. The summed E-state index contributed by atoms with van der Waals surface area (Å²) in [5.41, 5.74) is -2.69. The van der Waals surface area contributed by atoms with Gasteiger partial charge >= 0.3 is 0 Å². The second-order valence-corrected chi connectivity index (χ2v) is 11.8. The normalized spacial score (nSPS) is 19.2. The summed E-state index contributed by atoms with van der Waals surface area (Å²) < 4.78 is 45.3. The smallest absolute Gasteiger partial charge is 0.257 e. The highest BCUT2D eigenvalue weighted by atomic mass is 35.5. The minimum Gasteiger partial charge on any atom is -0.374 e. The molecule has 43 heavy (non-hydrogen) atoms. The van der Waals surface area contributed by atoms with Gasteiger partial charge in [-0.05, 0) is 29.8 Å². The molecule has 1 fully saturated rings. The fraction of sp³-hybridized carbons (Fsp3) is 0.323. The van der Waals surface area contributed by atoms with Gasteiger partial charge in [-0.25, -0.2) is 23.7 Å². The molecule has 4 aromatic rings. The molecule has 12 heteroatoms. The Morgan fingerprint density at radius 3 is 2.44 bits per heavy atom. The Morgan fingerprint density at radius 2 is 1.86 bits per heavy atom. The van der Waals surface area contributed by atoms with Crippen LogP contribution in [0.1, 0.15) is 58.0 Å². The second-order valence-electron chi connectivity index (χ2n) is 11.4. The predicted molar refractivity (Wildman–Crippen MR) is 151 cm³/mol. The number of rotatable bonds is 8. The third-order valence-corrected chi connectivity index (χ3v) is 8.23. The van der Waals surface area contributed by atoms with Crippen molar-refractivity contribution < 1.29 is 23.0 Å². The van der Waals surface area contributed by atoms with Crippen molar-refractivity contribution in [3.8, 4) is 6.07 Å². The second kappa shape index (κ2) is 10.5. The molecule has 1 amide bonds. The number of imidazole rings is 1. The summed E-state index contributed by atoms with van der Waals surface area (Å²) in [7, 11) is 1.84. The molecule has 220 valence electrons. The van der Waals surface area contributed by atoms with E-state index in [1.54, 1.807) is 41.2 Å². The van der Waals surface area contributed by atoms with Crippen molar-refractivity contribution in [3.63, 3.8) is 0 Å². The quantitative estimate of drug-likeness (QED) is 0.284. The maximum Gasteiger partial charge on any atom is 0.257 e. The third kappa shape index (κ3) is 4.85. The minimum atomic E-state index is -1.90. The molecule has 1 saturated heterocycles. The summed E-state index contributed by atoms with van der Waals surface area (Å²) in [4.78, 5) is 28.6. The lowest BCUT2D eigenvalue weighted by Gasteiger charge is -2.42. The van der Waals surface area contributed by atoms with Gasteiger partial charge < -0.3 is 14.0 Å². The van der Waals surface area contributed by atoms with Gasteiger partial charge in [-0.2, -0.15) is 5.26 Å². The molecule has 1 atom stereocenters. The SMILES string of the molecule is Cn1cnc(C(C)(C)c2cc(F)c3c(c2)C(=O)N(Cc2ncc(C#N)cn2)[C@@]3(OCC2(F)COC2)c2ccc(Cl)cc2)c1. The van der Waals surface area contributed by atoms with Gasteiger partial charge in [-0.1, -0.05) is 37.6 Å². The fourth-order valence-corrected chi connectivity index (χ4v) is 5.58. The molecule has 2 aromatic carbocycles. The highest BCUT2D eigenvalue weighted by Crippen LogP contribution is 2.49. The van der Waals surface area contributed by atoms with Crippen molar-refractivity contribution in [2.45, 2.75) is 37.2 Å². The fourth-order valence-electron chi connectivity index (χ4n) is 5.46. The first-order valence-electron chi connectivity index (χ1n) is 13.5. The molecule has 0 aliphatic carbocycles. The number of hydrogen-bond acceptors (Lipinski definition) is 7. The van der Waals surface area contributed by atoms with Crippen LogP contribution in [0.5, 0.6) is 0 Å². The van der Waals surface area contributed by atoms with Crippen LogP contribution in [-0.4, -0.2) is 55.8 Å². The average Bonchev–Trinajstić information content (AvgIpc) is 3.52. The zero-order chi connectivity index (χ0) is 30.6. The first-order valence-corrected chi connectivity index (χ1v) is 13.9. The number of carbonyl (C=O) groups is 1.